The smallest absolute Gasteiger partial charge is 0.240 e. The van der Waals surface area contributed by atoms with Gasteiger partial charge in [-0.05, 0) is 31.2 Å². The molecule has 192 valence electrons. The van der Waals surface area contributed by atoms with Crippen LogP contribution in [0.1, 0.15) is 20.3 Å². The number of aldehydes is 1. The van der Waals surface area contributed by atoms with Crippen LogP contribution in [0.4, 0.5) is 11.4 Å². The molecular weight excluding hydrogens is 486 g/mol. The number of sulfone groups is 1. The van der Waals surface area contributed by atoms with Crippen LogP contribution < -0.4 is 15.1 Å². The molecule has 0 bridgehead atoms. The molecule has 1 aliphatic rings. The lowest BCUT2D eigenvalue weighted by atomic mass is 10.1. The van der Waals surface area contributed by atoms with Crippen LogP contribution in [0.5, 0.6) is 0 Å². The zero-order chi connectivity index (χ0) is 26.5. The van der Waals surface area contributed by atoms with Crippen LogP contribution in [0.15, 0.2) is 59.5 Å². The van der Waals surface area contributed by atoms with E-state index in [1.54, 1.807) is 42.5 Å². The number of anilines is 2. The number of aliphatic hydroxyl groups excluding tert-OH is 1. The molecule has 3 atom stereocenters. The Labute approximate surface area is 209 Å². The molecule has 2 N–H and O–H groups in total. The lowest BCUT2D eigenvalue weighted by Crippen LogP contribution is -2.48. The van der Waals surface area contributed by atoms with Crippen molar-refractivity contribution in [3.8, 4) is 0 Å². The first-order valence-electron chi connectivity index (χ1n) is 11.4. The van der Waals surface area contributed by atoms with Gasteiger partial charge >= 0.3 is 0 Å². The molecule has 0 saturated carbocycles. The predicted octanol–water partition coefficient (Wildman–Crippen LogP) is 0.931. The molecular formula is C25H29N3O7S. The summed E-state index contributed by atoms with van der Waals surface area (Å²) in [6.07, 6.45) is -0.344. The lowest BCUT2D eigenvalue weighted by Gasteiger charge is -2.25. The summed E-state index contributed by atoms with van der Waals surface area (Å²) < 4.78 is 26.2. The van der Waals surface area contributed by atoms with Gasteiger partial charge in [0.2, 0.25) is 17.7 Å². The van der Waals surface area contributed by atoms with Crippen molar-refractivity contribution in [1.82, 2.24) is 5.32 Å². The molecule has 0 fully saturated rings. The van der Waals surface area contributed by atoms with Crippen molar-refractivity contribution in [3.63, 3.8) is 0 Å². The van der Waals surface area contributed by atoms with Crippen LogP contribution in [0.3, 0.4) is 0 Å². The monoisotopic (exact) mass is 515 g/mol. The first-order chi connectivity index (χ1) is 17.0. The third-order valence-electron chi connectivity index (χ3n) is 5.79. The Kier molecular flexibility index (Phi) is 8.59. The fourth-order valence-corrected chi connectivity index (χ4v) is 5.68. The predicted molar refractivity (Wildman–Crippen MR) is 133 cm³/mol. The summed E-state index contributed by atoms with van der Waals surface area (Å²) in [6.45, 7) is 2.10. The zero-order valence-electron chi connectivity index (χ0n) is 20.0. The third kappa shape index (κ3) is 6.35. The topological polar surface area (TPSA) is 141 Å². The Bertz CT molecular complexity index is 1230. The standard InChI is InChI=1S/C25H29N3O7S/c1-17(30)12-20(15-29)26-24(32)14-28-23-11-7-6-10-22(23)27(18(2)31)13-19(25(28)33)16-36(34,35)21-8-4-3-5-9-21/h3-11,15,17,19-20,30H,12-14,16H2,1-2H3,(H,26,32)/t17?,19-,20+/m1/s1. The van der Waals surface area contributed by atoms with Crippen molar-refractivity contribution in [2.45, 2.75) is 37.3 Å². The van der Waals surface area contributed by atoms with Gasteiger partial charge in [-0.15, -0.1) is 0 Å². The number of nitrogens with zero attached hydrogens (tertiary/aromatic N) is 2. The van der Waals surface area contributed by atoms with Gasteiger partial charge in [0.05, 0.1) is 40.1 Å². The molecule has 0 radical (unpaired) electrons. The number of rotatable bonds is 9. The second kappa shape index (κ2) is 11.4. The van der Waals surface area contributed by atoms with Crippen LogP contribution in [0.2, 0.25) is 0 Å². The van der Waals surface area contributed by atoms with Gasteiger partial charge in [-0.2, -0.15) is 0 Å². The molecule has 1 heterocycles. The number of hydrogen-bond donors (Lipinski definition) is 2. The minimum atomic E-state index is -3.89. The number of amides is 3. The first kappa shape index (κ1) is 27.0. The van der Waals surface area contributed by atoms with E-state index in [0.29, 0.717) is 12.0 Å². The average Bonchev–Trinajstić information content (AvgIpc) is 2.94. The van der Waals surface area contributed by atoms with Gasteiger partial charge in [0.15, 0.2) is 9.84 Å². The summed E-state index contributed by atoms with van der Waals surface area (Å²) in [5.74, 6) is -3.42. The number of fused-ring (bicyclic) bond motifs is 1. The highest BCUT2D eigenvalue weighted by molar-refractivity contribution is 7.91. The van der Waals surface area contributed by atoms with E-state index in [9.17, 15) is 32.7 Å². The quantitative estimate of drug-likeness (QED) is 0.473. The Balaban J connectivity index is 1.97. The number of hydrogen-bond acceptors (Lipinski definition) is 7. The highest BCUT2D eigenvalue weighted by Gasteiger charge is 2.38. The molecule has 1 aliphatic heterocycles. The first-order valence-corrected chi connectivity index (χ1v) is 13.1. The number of carbonyl (C=O) groups is 4. The summed E-state index contributed by atoms with van der Waals surface area (Å²) in [5, 5.41) is 12.0. The molecule has 1 unspecified atom stereocenters. The summed E-state index contributed by atoms with van der Waals surface area (Å²) in [6, 6.07) is 13.2. The minimum absolute atomic E-state index is 0.00413. The van der Waals surface area contributed by atoms with Gasteiger partial charge in [0.25, 0.3) is 0 Å². The lowest BCUT2D eigenvalue weighted by molar-refractivity contribution is -0.126. The fraction of sp³-hybridized carbons (Fsp3) is 0.360. The van der Waals surface area contributed by atoms with E-state index in [1.807, 2.05) is 0 Å². The maximum atomic E-state index is 13.7. The normalized spacial score (nSPS) is 17.5. The minimum Gasteiger partial charge on any atom is -0.393 e. The van der Waals surface area contributed by atoms with E-state index < -0.39 is 52.0 Å². The Morgan fingerprint density at radius 1 is 1.11 bits per heavy atom. The summed E-state index contributed by atoms with van der Waals surface area (Å²) in [7, 11) is -3.89. The molecule has 0 spiro atoms. The molecule has 2 aromatic rings. The summed E-state index contributed by atoms with van der Waals surface area (Å²) in [4.78, 5) is 52.9. The van der Waals surface area contributed by atoms with Gasteiger partial charge < -0.3 is 25.0 Å². The van der Waals surface area contributed by atoms with Gasteiger partial charge in [-0.3, -0.25) is 14.4 Å². The molecule has 10 nitrogen and oxygen atoms in total. The number of para-hydroxylation sites is 2. The third-order valence-corrected chi connectivity index (χ3v) is 7.62. The highest BCUT2D eigenvalue weighted by atomic mass is 32.2. The number of benzene rings is 2. The van der Waals surface area contributed by atoms with Crippen LogP contribution in [0.25, 0.3) is 0 Å². The van der Waals surface area contributed by atoms with Gasteiger partial charge in [0.1, 0.15) is 12.8 Å². The van der Waals surface area contributed by atoms with Crippen molar-refractivity contribution >= 4 is 45.2 Å². The van der Waals surface area contributed by atoms with Gasteiger partial charge in [0, 0.05) is 19.9 Å². The van der Waals surface area contributed by atoms with Gasteiger partial charge in [-0.25, -0.2) is 8.42 Å². The second-order valence-corrected chi connectivity index (χ2v) is 10.8. The number of nitrogens with one attached hydrogen (secondary N) is 1. The van der Waals surface area contributed by atoms with E-state index in [4.69, 9.17) is 0 Å². The van der Waals surface area contributed by atoms with E-state index in [1.165, 1.54) is 30.9 Å². The Morgan fingerprint density at radius 3 is 2.31 bits per heavy atom. The van der Waals surface area contributed by atoms with Crippen LogP contribution in [-0.2, 0) is 29.0 Å². The molecule has 0 aliphatic carbocycles. The van der Waals surface area contributed by atoms with Crippen LogP contribution in [0, 0.1) is 5.92 Å². The molecule has 3 rings (SSSR count). The molecule has 0 aromatic heterocycles. The number of aliphatic hydroxyl groups is 1. The fourth-order valence-electron chi connectivity index (χ4n) is 4.14. The van der Waals surface area contributed by atoms with Crippen molar-refractivity contribution < 1.29 is 32.7 Å². The molecule has 36 heavy (non-hydrogen) atoms. The summed E-state index contributed by atoms with van der Waals surface area (Å²) >= 11 is 0. The number of carbonyl (C=O) groups excluding carboxylic acids is 4. The zero-order valence-corrected chi connectivity index (χ0v) is 20.8. The largest absolute Gasteiger partial charge is 0.393 e. The average molecular weight is 516 g/mol. The molecule has 0 saturated heterocycles. The van der Waals surface area contributed by atoms with Crippen molar-refractivity contribution in [3.05, 3.63) is 54.6 Å². The van der Waals surface area contributed by atoms with Crippen LogP contribution in [-0.4, -0.2) is 68.5 Å². The Hall–Kier alpha value is -3.57. The van der Waals surface area contributed by atoms with E-state index in [0.717, 1.165) is 4.90 Å². The molecule has 11 heteroatoms. The van der Waals surface area contributed by atoms with E-state index >= 15 is 0 Å². The van der Waals surface area contributed by atoms with Gasteiger partial charge in [-0.1, -0.05) is 30.3 Å². The van der Waals surface area contributed by atoms with E-state index in [-0.39, 0.29) is 29.5 Å². The highest BCUT2D eigenvalue weighted by Crippen LogP contribution is 2.35. The van der Waals surface area contributed by atoms with E-state index in [2.05, 4.69) is 5.32 Å². The molecule has 2 aromatic carbocycles. The van der Waals surface area contributed by atoms with Crippen LogP contribution >= 0.6 is 0 Å². The van der Waals surface area contributed by atoms with Crippen molar-refractivity contribution in [2.75, 3.05) is 28.6 Å². The maximum absolute atomic E-state index is 13.7. The van der Waals surface area contributed by atoms with Crippen molar-refractivity contribution in [2.24, 2.45) is 5.92 Å². The SMILES string of the molecule is CC(=O)N1C[C@H](CS(=O)(=O)c2ccccc2)C(=O)N(CC(=O)N[C@H](C=O)CC(C)O)c2ccccc21. The van der Waals surface area contributed by atoms with Crippen molar-refractivity contribution in [1.29, 1.82) is 0 Å². The maximum Gasteiger partial charge on any atom is 0.240 e. The summed E-state index contributed by atoms with van der Waals surface area (Å²) in [5.41, 5.74) is 0.632. The molecule has 3 amide bonds. The second-order valence-electron chi connectivity index (χ2n) is 8.73. The Morgan fingerprint density at radius 2 is 1.72 bits per heavy atom.